The molecule has 1 aliphatic carbocycles. The minimum absolute atomic E-state index is 0.550. The summed E-state index contributed by atoms with van der Waals surface area (Å²) in [5, 5.41) is 6.86. The molecule has 0 bridgehead atoms. The second-order valence-electron chi connectivity index (χ2n) is 6.28. The normalized spacial score (nSPS) is 14.3. The van der Waals surface area contributed by atoms with Crippen LogP contribution in [0.4, 0.5) is 11.6 Å². The van der Waals surface area contributed by atoms with Crippen LogP contribution in [0.2, 0.25) is 0 Å². The molecule has 0 unspecified atom stereocenters. The molecule has 1 aromatic carbocycles. The average molecular weight is 342 g/mol. The van der Waals surface area contributed by atoms with Crippen molar-refractivity contribution in [2.24, 2.45) is 0 Å². The number of ether oxygens (including phenoxy) is 2. The Hall–Kier alpha value is -2.50. The first-order valence-electron chi connectivity index (χ1n) is 8.82. The van der Waals surface area contributed by atoms with Gasteiger partial charge >= 0.3 is 0 Å². The standard InChI is InChI=1S/C19H26N4O2/c1-24-16-8-7-14(11-17(16)25-2)9-10-20-18-12-19(22-13-21-18)23-15-5-3-4-6-15/h7-8,11-13,15H,3-6,9-10H2,1-2H3,(H2,20,21,22,23). The minimum atomic E-state index is 0.550. The summed E-state index contributed by atoms with van der Waals surface area (Å²) in [4.78, 5) is 8.62. The van der Waals surface area contributed by atoms with Crippen LogP contribution in [0.3, 0.4) is 0 Å². The van der Waals surface area contributed by atoms with Gasteiger partial charge in [0.1, 0.15) is 18.0 Å². The Morgan fingerprint density at radius 1 is 1.00 bits per heavy atom. The van der Waals surface area contributed by atoms with E-state index < -0.39 is 0 Å². The summed E-state index contributed by atoms with van der Waals surface area (Å²) in [6.45, 7) is 0.787. The fraction of sp³-hybridized carbons (Fsp3) is 0.474. The van der Waals surface area contributed by atoms with Crippen molar-refractivity contribution in [3.8, 4) is 11.5 Å². The molecule has 2 N–H and O–H groups in total. The lowest BCUT2D eigenvalue weighted by Crippen LogP contribution is -2.16. The summed E-state index contributed by atoms with van der Waals surface area (Å²) in [6, 6.07) is 8.52. The van der Waals surface area contributed by atoms with Crippen molar-refractivity contribution in [1.82, 2.24) is 9.97 Å². The van der Waals surface area contributed by atoms with E-state index in [2.05, 4.69) is 26.7 Å². The second-order valence-corrected chi connectivity index (χ2v) is 6.28. The minimum Gasteiger partial charge on any atom is -0.493 e. The van der Waals surface area contributed by atoms with E-state index in [1.807, 2.05) is 18.2 Å². The Kier molecular flexibility index (Phi) is 5.93. The van der Waals surface area contributed by atoms with Crippen molar-refractivity contribution < 1.29 is 9.47 Å². The molecular formula is C19H26N4O2. The van der Waals surface area contributed by atoms with Gasteiger partial charge in [0.05, 0.1) is 14.2 Å². The van der Waals surface area contributed by atoms with E-state index in [-0.39, 0.29) is 0 Å². The number of hydrogen-bond acceptors (Lipinski definition) is 6. The quantitative estimate of drug-likeness (QED) is 0.765. The lowest BCUT2D eigenvalue weighted by Gasteiger charge is -2.13. The summed E-state index contributed by atoms with van der Waals surface area (Å²) in [5.74, 6) is 3.24. The smallest absolute Gasteiger partial charge is 0.160 e. The Balaban J connectivity index is 1.53. The van der Waals surface area contributed by atoms with Gasteiger partial charge in [0.15, 0.2) is 11.5 Å². The molecule has 0 spiro atoms. The molecule has 6 nitrogen and oxygen atoms in total. The van der Waals surface area contributed by atoms with Gasteiger partial charge in [-0.15, -0.1) is 0 Å². The molecule has 1 saturated carbocycles. The number of methoxy groups -OCH3 is 2. The summed E-state index contributed by atoms with van der Waals surface area (Å²) in [6.07, 6.45) is 7.54. The molecule has 25 heavy (non-hydrogen) atoms. The molecule has 0 aliphatic heterocycles. The predicted molar refractivity (Wildman–Crippen MR) is 99.7 cm³/mol. The highest BCUT2D eigenvalue weighted by molar-refractivity contribution is 5.47. The van der Waals surface area contributed by atoms with E-state index in [9.17, 15) is 0 Å². The average Bonchev–Trinajstić information content (AvgIpc) is 3.15. The molecule has 3 rings (SSSR count). The zero-order valence-electron chi connectivity index (χ0n) is 14.9. The number of anilines is 2. The van der Waals surface area contributed by atoms with E-state index in [0.717, 1.165) is 36.1 Å². The van der Waals surface area contributed by atoms with Crippen molar-refractivity contribution in [1.29, 1.82) is 0 Å². The fourth-order valence-corrected chi connectivity index (χ4v) is 3.18. The number of nitrogens with zero attached hydrogens (tertiary/aromatic N) is 2. The zero-order valence-corrected chi connectivity index (χ0v) is 14.9. The first-order chi connectivity index (χ1) is 12.3. The third kappa shape index (κ3) is 4.75. The van der Waals surface area contributed by atoms with Crippen molar-refractivity contribution in [3.63, 3.8) is 0 Å². The maximum absolute atomic E-state index is 5.35. The second kappa shape index (κ2) is 8.55. The SMILES string of the molecule is COc1ccc(CCNc2cc(NC3CCCC3)ncn2)cc1OC. The molecule has 1 aromatic heterocycles. The molecule has 1 aliphatic rings. The van der Waals surface area contributed by atoms with Crippen molar-refractivity contribution >= 4 is 11.6 Å². The zero-order chi connectivity index (χ0) is 17.5. The number of nitrogens with one attached hydrogen (secondary N) is 2. The number of aromatic nitrogens is 2. The molecular weight excluding hydrogens is 316 g/mol. The highest BCUT2D eigenvalue weighted by Crippen LogP contribution is 2.27. The Bertz CT molecular complexity index is 687. The topological polar surface area (TPSA) is 68.3 Å². The van der Waals surface area contributed by atoms with Crippen LogP contribution in [0.15, 0.2) is 30.6 Å². The van der Waals surface area contributed by atoms with Crippen LogP contribution in [-0.4, -0.2) is 36.8 Å². The third-order valence-electron chi connectivity index (χ3n) is 4.54. The Morgan fingerprint density at radius 2 is 1.76 bits per heavy atom. The van der Waals surface area contributed by atoms with Gasteiger partial charge in [-0.3, -0.25) is 0 Å². The van der Waals surface area contributed by atoms with Crippen LogP contribution >= 0.6 is 0 Å². The van der Waals surface area contributed by atoms with Crippen LogP contribution < -0.4 is 20.1 Å². The molecule has 2 aromatic rings. The molecule has 0 amide bonds. The van der Waals surface area contributed by atoms with Crippen molar-refractivity contribution in [3.05, 3.63) is 36.2 Å². The van der Waals surface area contributed by atoms with Gasteiger partial charge < -0.3 is 20.1 Å². The van der Waals surface area contributed by atoms with Crippen LogP contribution in [0, 0.1) is 0 Å². The van der Waals surface area contributed by atoms with Crippen LogP contribution in [0.5, 0.6) is 11.5 Å². The van der Waals surface area contributed by atoms with Crippen LogP contribution in [0.1, 0.15) is 31.2 Å². The molecule has 0 radical (unpaired) electrons. The number of rotatable bonds is 8. The number of benzene rings is 1. The third-order valence-corrected chi connectivity index (χ3v) is 4.54. The van der Waals surface area contributed by atoms with Gasteiger partial charge in [0.2, 0.25) is 0 Å². The molecule has 0 atom stereocenters. The van der Waals surface area contributed by atoms with Gasteiger partial charge in [-0.1, -0.05) is 18.9 Å². The first-order valence-corrected chi connectivity index (χ1v) is 8.82. The molecule has 6 heteroatoms. The van der Waals surface area contributed by atoms with Crippen molar-refractivity contribution in [2.75, 3.05) is 31.4 Å². The first kappa shape index (κ1) is 17.3. The largest absolute Gasteiger partial charge is 0.493 e. The van der Waals surface area contributed by atoms with Gasteiger partial charge in [-0.25, -0.2) is 9.97 Å². The summed E-state index contributed by atoms with van der Waals surface area (Å²) >= 11 is 0. The van der Waals surface area contributed by atoms with Crippen LogP contribution in [0.25, 0.3) is 0 Å². The highest BCUT2D eigenvalue weighted by Gasteiger charge is 2.15. The molecule has 1 fully saturated rings. The molecule has 134 valence electrons. The van der Waals surface area contributed by atoms with E-state index in [1.165, 1.54) is 31.2 Å². The van der Waals surface area contributed by atoms with Crippen LogP contribution in [-0.2, 0) is 6.42 Å². The molecule has 1 heterocycles. The fourth-order valence-electron chi connectivity index (χ4n) is 3.18. The molecule has 0 saturated heterocycles. The Morgan fingerprint density at radius 3 is 2.52 bits per heavy atom. The van der Waals surface area contributed by atoms with Gasteiger partial charge in [-0.05, 0) is 37.0 Å². The monoisotopic (exact) mass is 342 g/mol. The van der Waals surface area contributed by atoms with Gasteiger partial charge in [-0.2, -0.15) is 0 Å². The van der Waals surface area contributed by atoms with Gasteiger partial charge in [0, 0.05) is 18.7 Å². The summed E-state index contributed by atoms with van der Waals surface area (Å²) < 4.78 is 10.6. The van der Waals surface area contributed by atoms with Gasteiger partial charge in [0.25, 0.3) is 0 Å². The summed E-state index contributed by atoms with van der Waals surface area (Å²) in [5.41, 5.74) is 1.18. The van der Waals surface area contributed by atoms with E-state index in [4.69, 9.17) is 9.47 Å². The maximum Gasteiger partial charge on any atom is 0.160 e. The summed E-state index contributed by atoms with van der Waals surface area (Å²) in [7, 11) is 3.30. The van der Waals surface area contributed by atoms with E-state index in [0.29, 0.717) is 6.04 Å². The maximum atomic E-state index is 5.35. The van der Waals surface area contributed by atoms with Crippen molar-refractivity contribution in [2.45, 2.75) is 38.1 Å². The Labute approximate surface area is 149 Å². The lowest BCUT2D eigenvalue weighted by molar-refractivity contribution is 0.354. The van der Waals surface area contributed by atoms with E-state index in [1.54, 1.807) is 20.5 Å². The predicted octanol–water partition coefficient (Wildman–Crippen LogP) is 3.50. The highest BCUT2D eigenvalue weighted by atomic mass is 16.5. The number of hydrogen-bond donors (Lipinski definition) is 2. The van der Waals surface area contributed by atoms with E-state index >= 15 is 0 Å². The lowest BCUT2D eigenvalue weighted by atomic mass is 10.1.